The molecule has 23 heavy (non-hydrogen) atoms. The molecule has 4 aromatic heterocycles. The zero-order valence-electron chi connectivity index (χ0n) is 11.3. The van der Waals surface area contributed by atoms with Crippen molar-refractivity contribution < 1.29 is 45.9 Å². The molecule has 9 heteroatoms. The van der Waals surface area contributed by atoms with Crippen LogP contribution >= 0.6 is 23.2 Å². The Morgan fingerprint density at radius 3 is 1.48 bits per heavy atom. The van der Waals surface area contributed by atoms with Crippen molar-refractivity contribution in [2.45, 2.75) is 0 Å². The molecule has 2 N–H and O–H groups in total. The number of hydrogen-bond donors (Lipinski definition) is 2. The van der Waals surface area contributed by atoms with Gasteiger partial charge in [-0.25, -0.2) is 9.97 Å². The Balaban J connectivity index is 0.000000372. The Hall–Kier alpha value is -0.772. The first-order chi connectivity index (χ1) is 9.75. The minimum Gasteiger partial charge on any atom is -1.00 e. The minimum atomic E-state index is 0. The predicted molar refractivity (Wildman–Crippen MR) is 82.2 cm³/mol. The van der Waals surface area contributed by atoms with Crippen LogP contribution in [0, 0.1) is 0 Å². The van der Waals surface area contributed by atoms with Gasteiger partial charge in [0.2, 0.25) is 0 Å². The summed E-state index contributed by atoms with van der Waals surface area (Å²) >= 11 is 11.6. The van der Waals surface area contributed by atoms with Crippen molar-refractivity contribution in [1.82, 2.24) is 19.9 Å². The van der Waals surface area contributed by atoms with Gasteiger partial charge in [-0.2, -0.15) is 0 Å². The topological polar surface area (TPSA) is 57.4 Å². The molecule has 4 rings (SSSR count). The van der Waals surface area contributed by atoms with Gasteiger partial charge < -0.3 is 34.8 Å². The molecule has 0 saturated carbocycles. The van der Waals surface area contributed by atoms with Gasteiger partial charge in [0.1, 0.15) is 11.3 Å². The molecule has 0 spiro atoms. The summed E-state index contributed by atoms with van der Waals surface area (Å²) in [7, 11) is 0. The second-order valence-corrected chi connectivity index (χ2v) is 4.89. The van der Waals surface area contributed by atoms with Crippen LogP contribution < -0.4 is 24.8 Å². The summed E-state index contributed by atoms with van der Waals surface area (Å²) < 4.78 is 0. The molecule has 0 radical (unpaired) electrons. The maximum Gasteiger partial charge on any atom is 2.00 e. The average Bonchev–Trinajstić information content (AvgIpc) is 3.05. The van der Waals surface area contributed by atoms with Gasteiger partial charge in [-0.15, -0.1) is 0 Å². The molecule has 0 aromatic carbocycles. The fourth-order valence-electron chi connectivity index (χ4n) is 1.85. The zero-order chi connectivity index (χ0) is 13.9. The summed E-state index contributed by atoms with van der Waals surface area (Å²) in [5.41, 5.74) is 1.68. The molecule has 0 aliphatic rings. The van der Waals surface area contributed by atoms with E-state index in [9.17, 15) is 0 Å². The summed E-state index contributed by atoms with van der Waals surface area (Å²) in [6.45, 7) is 0. The fourth-order valence-corrected chi connectivity index (χ4v) is 2.26. The van der Waals surface area contributed by atoms with Gasteiger partial charge in [-0.05, 0) is 24.3 Å². The molecule has 0 amide bonds. The normalized spacial score (nSPS) is 9.13. The van der Waals surface area contributed by atoms with E-state index in [0.29, 0.717) is 0 Å². The maximum atomic E-state index is 5.80. The van der Waals surface area contributed by atoms with E-state index < -0.39 is 0 Å². The van der Waals surface area contributed by atoms with Crippen LogP contribution in [0.5, 0.6) is 0 Å². The van der Waals surface area contributed by atoms with Gasteiger partial charge in [-0.3, -0.25) is 0 Å². The summed E-state index contributed by atoms with van der Waals surface area (Å²) in [4.78, 5) is 14.0. The van der Waals surface area contributed by atoms with Crippen LogP contribution in [-0.2, 0) is 21.1 Å². The second-order valence-electron chi connectivity index (χ2n) is 4.07. The number of aromatic amines is 2. The molecule has 4 aromatic rings. The Bertz CT molecular complexity index is 790. The van der Waals surface area contributed by atoms with Crippen molar-refractivity contribution in [2.24, 2.45) is 0 Å². The van der Waals surface area contributed by atoms with Gasteiger partial charge in [-0.1, -0.05) is 23.2 Å². The fraction of sp³-hybridized carbons (Fsp3) is 0. The molecular weight excluding hydrogens is 561 g/mol. The van der Waals surface area contributed by atoms with Crippen molar-refractivity contribution in [3.63, 3.8) is 0 Å². The first-order valence-electron chi connectivity index (χ1n) is 5.91. The third-order valence-electron chi connectivity index (χ3n) is 2.80. The van der Waals surface area contributed by atoms with Crippen LogP contribution in [0.15, 0.2) is 49.1 Å². The van der Waals surface area contributed by atoms with Gasteiger partial charge in [0.15, 0.2) is 0 Å². The van der Waals surface area contributed by atoms with Crippen LogP contribution in [0.25, 0.3) is 22.1 Å². The Labute approximate surface area is 169 Å². The smallest absolute Gasteiger partial charge is 1.00 e. The monoisotopic (exact) mass is 569 g/mol. The number of pyridine rings is 2. The molecule has 4 nitrogen and oxygen atoms in total. The van der Waals surface area contributed by atoms with Gasteiger partial charge in [0, 0.05) is 35.6 Å². The quantitative estimate of drug-likeness (QED) is 0.269. The molecular formula is C14H10Cl4N4Pt. The molecule has 4 heterocycles. The predicted octanol–water partition coefficient (Wildman–Crippen LogP) is -1.56. The first kappa shape index (κ1) is 22.2. The zero-order valence-corrected chi connectivity index (χ0v) is 16.6. The number of hydrogen-bond acceptors (Lipinski definition) is 2. The van der Waals surface area contributed by atoms with Crippen LogP contribution in [-0.4, -0.2) is 19.9 Å². The standard InChI is InChI=1S/2C7H5ClN2.2ClH.Pt/c2*8-6-4-10-7-5(6)2-1-3-9-7;;;/h2*1-4H,(H,9,10);2*1H;/q;;;;+2/p-2. The number of H-pyrrole nitrogens is 2. The van der Waals surface area contributed by atoms with E-state index in [4.69, 9.17) is 23.2 Å². The molecule has 0 aliphatic heterocycles. The van der Waals surface area contributed by atoms with Crippen molar-refractivity contribution in [3.05, 3.63) is 59.1 Å². The number of halogens is 4. The third-order valence-corrected chi connectivity index (χ3v) is 3.43. The summed E-state index contributed by atoms with van der Waals surface area (Å²) in [6, 6.07) is 7.59. The number of nitrogens with zero attached hydrogens (tertiary/aromatic N) is 2. The largest absolute Gasteiger partial charge is 2.00 e. The SMILES string of the molecule is Clc1c[nH]c2ncccc12.Clc1c[nH]c2ncccc12.[Cl-].[Cl-].[Pt+2]. The number of rotatable bonds is 0. The Morgan fingerprint density at radius 1 is 0.739 bits per heavy atom. The van der Waals surface area contributed by atoms with Crippen LogP contribution in [0.1, 0.15) is 0 Å². The Kier molecular flexibility index (Phi) is 9.83. The molecule has 0 atom stereocenters. The van der Waals surface area contributed by atoms with Crippen molar-refractivity contribution in [2.75, 3.05) is 0 Å². The van der Waals surface area contributed by atoms with Crippen LogP contribution in [0.3, 0.4) is 0 Å². The summed E-state index contributed by atoms with van der Waals surface area (Å²) in [6.07, 6.45) is 6.93. The van der Waals surface area contributed by atoms with Gasteiger partial charge in [0.05, 0.1) is 10.0 Å². The van der Waals surface area contributed by atoms with E-state index >= 15 is 0 Å². The van der Waals surface area contributed by atoms with E-state index in [1.165, 1.54) is 0 Å². The van der Waals surface area contributed by atoms with E-state index in [2.05, 4.69) is 19.9 Å². The molecule has 0 unspecified atom stereocenters. The van der Waals surface area contributed by atoms with Crippen molar-refractivity contribution >= 4 is 45.3 Å². The number of aromatic nitrogens is 4. The summed E-state index contributed by atoms with van der Waals surface area (Å²) in [5, 5.41) is 3.40. The van der Waals surface area contributed by atoms with Crippen molar-refractivity contribution in [3.8, 4) is 0 Å². The van der Waals surface area contributed by atoms with E-state index in [1.807, 2.05) is 24.3 Å². The molecule has 0 bridgehead atoms. The van der Waals surface area contributed by atoms with Crippen LogP contribution in [0.2, 0.25) is 10.0 Å². The van der Waals surface area contributed by atoms with Crippen LogP contribution in [0.4, 0.5) is 0 Å². The maximum absolute atomic E-state index is 5.80. The molecule has 0 aliphatic carbocycles. The van der Waals surface area contributed by atoms with E-state index in [-0.39, 0.29) is 45.9 Å². The summed E-state index contributed by atoms with van der Waals surface area (Å²) in [5.74, 6) is 0. The molecule has 0 saturated heterocycles. The van der Waals surface area contributed by atoms with E-state index in [1.54, 1.807) is 24.8 Å². The average molecular weight is 571 g/mol. The number of nitrogens with one attached hydrogen (secondary N) is 2. The van der Waals surface area contributed by atoms with Gasteiger partial charge in [0.25, 0.3) is 0 Å². The molecule has 124 valence electrons. The Morgan fingerprint density at radius 2 is 1.13 bits per heavy atom. The third kappa shape index (κ3) is 5.10. The second kappa shape index (κ2) is 10.2. The van der Waals surface area contributed by atoms with Crippen molar-refractivity contribution in [1.29, 1.82) is 0 Å². The minimum absolute atomic E-state index is 0. The molecule has 0 fully saturated rings. The number of fused-ring (bicyclic) bond motifs is 2. The van der Waals surface area contributed by atoms with E-state index in [0.717, 1.165) is 32.1 Å². The first-order valence-corrected chi connectivity index (χ1v) is 6.66. The van der Waals surface area contributed by atoms with Gasteiger partial charge >= 0.3 is 21.1 Å².